The predicted molar refractivity (Wildman–Crippen MR) is 139 cm³/mol. The van der Waals surface area contributed by atoms with Crippen LogP contribution in [0.15, 0.2) is 83.9 Å². The van der Waals surface area contributed by atoms with Crippen molar-refractivity contribution in [3.63, 3.8) is 0 Å². The lowest BCUT2D eigenvalue weighted by Gasteiger charge is -2.12. The zero-order chi connectivity index (χ0) is 26.6. The maximum Gasteiger partial charge on any atom is 0.272 e. The summed E-state index contributed by atoms with van der Waals surface area (Å²) in [6, 6.07) is 15.7. The molecule has 0 aliphatic carbocycles. The van der Waals surface area contributed by atoms with Crippen LogP contribution in [-0.2, 0) is 6.54 Å². The molecule has 0 unspecified atom stereocenters. The van der Waals surface area contributed by atoms with Gasteiger partial charge in [-0.2, -0.15) is 5.10 Å². The van der Waals surface area contributed by atoms with Crippen molar-refractivity contribution >= 4 is 40.8 Å². The quantitative estimate of drug-likeness (QED) is 0.274. The van der Waals surface area contributed by atoms with Gasteiger partial charge in [-0.05, 0) is 36.4 Å². The van der Waals surface area contributed by atoms with E-state index in [1.54, 1.807) is 24.3 Å². The molecule has 0 saturated heterocycles. The Kier molecular flexibility index (Phi) is 7.16. The topological polar surface area (TPSA) is 115 Å². The fourth-order valence-electron chi connectivity index (χ4n) is 3.61. The number of rotatable bonds is 7. The Morgan fingerprint density at radius 2 is 1.79 bits per heavy atom. The number of aromatic nitrogens is 4. The molecule has 12 heteroatoms. The lowest BCUT2D eigenvalue weighted by molar-refractivity contribution is 0.0944. The molecule has 38 heavy (non-hydrogen) atoms. The Hall–Kier alpha value is -4.54. The first-order chi connectivity index (χ1) is 18.4. The van der Waals surface area contributed by atoms with E-state index in [-0.39, 0.29) is 44.9 Å². The fourth-order valence-corrected chi connectivity index (χ4v) is 4.16. The highest BCUT2D eigenvalue weighted by Crippen LogP contribution is 2.33. The summed E-state index contributed by atoms with van der Waals surface area (Å²) in [6.45, 7) is 0.127. The van der Waals surface area contributed by atoms with Crippen LogP contribution in [0.4, 0.5) is 10.2 Å². The summed E-state index contributed by atoms with van der Waals surface area (Å²) in [5.74, 6) is -1.53. The summed E-state index contributed by atoms with van der Waals surface area (Å²) in [7, 11) is 0. The van der Waals surface area contributed by atoms with Crippen LogP contribution in [0.3, 0.4) is 0 Å². The minimum absolute atomic E-state index is 0.0222. The summed E-state index contributed by atoms with van der Waals surface area (Å²) in [5.41, 5.74) is 1.37. The van der Waals surface area contributed by atoms with E-state index < -0.39 is 17.6 Å². The first-order valence-electron chi connectivity index (χ1n) is 11.1. The van der Waals surface area contributed by atoms with Gasteiger partial charge in [0.05, 0.1) is 33.5 Å². The Bertz CT molecular complexity index is 1620. The molecule has 2 N–H and O–H groups in total. The number of carbonyl (C=O) groups excluding carboxylic acids is 2. The standard InChI is InChI=1S/C26H17Cl2FN6O3/c27-19-10-20(28)18(9-17(19)24-21(29)7-4-8-30-24)25(36)33-23-11-22(26(37)31-12-15-13-38-14-32-15)34-35(23)16-5-2-1-3-6-16/h1-11,13-14H,12H2,(H,31,37)(H,33,36). The molecule has 0 aliphatic heterocycles. The monoisotopic (exact) mass is 550 g/mol. The van der Waals surface area contributed by atoms with Gasteiger partial charge in [-0.3, -0.25) is 14.6 Å². The number of halogens is 3. The fraction of sp³-hybridized carbons (Fsp3) is 0.0385. The second kappa shape index (κ2) is 10.8. The molecule has 0 fully saturated rings. The van der Waals surface area contributed by atoms with E-state index in [1.807, 2.05) is 6.07 Å². The molecule has 0 saturated carbocycles. The summed E-state index contributed by atoms with van der Waals surface area (Å²) >= 11 is 12.6. The summed E-state index contributed by atoms with van der Waals surface area (Å²) in [4.78, 5) is 34.1. The van der Waals surface area contributed by atoms with Crippen LogP contribution >= 0.6 is 23.2 Å². The lowest BCUT2D eigenvalue weighted by atomic mass is 10.1. The number of pyridine rings is 1. The van der Waals surface area contributed by atoms with Crippen molar-refractivity contribution in [2.24, 2.45) is 0 Å². The van der Waals surface area contributed by atoms with Crippen molar-refractivity contribution in [1.82, 2.24) is 25.1 Å². The smallest absolute Gasteiger partial charge is 0.272 e. The van der Waals surface area contributed by atoms with Crippen LogP contribution in [0.2, 0.25) is 10.0 Å². The second-order valence-electron chi connectivity index (χ2n) is 7.92. The van der Waals surface area contributed by atoms with Crippen LogP contribution in [0.5, 0.6) is 0 Å². The van der Waals surface area contributed by atoms with Crippen molar-refractivity contribution in [3.8, 4) is 16.9 Å². The van der Waals surface area contributed by atoms with E-state index in [1.165, 1.54) is 53.9 Å². The third-order valence-electron chi connectivity index (χ3n) is 5.41. The van der Waals surface area contributed by atoms with E-state index in [0.29, 0.717) is 11.4 Å². The molecule has 0 bridgehead atoms. The minimum Gasteiger partial charge on any atom is -0.451 e. The van der Waals surface area contributed by atoms with Crippen molar-refractivity contribution in [1.29, 1.82) is 0 Å². The summed E-state index contributed by atoms with van der Waals surface area (Å²) in [5, 5.41) is 9.98. The van der Waals surface area contributed by atoms with Gasteiger partial charge in [-0.15, -0.1) is 0 Å². The third kappa shape index (κ3) is 5.26. The molecule has 2 amide bonds. The van der Waals surface area contributed by atoms with Crippen LogP contribution in [-0.4, -0.2) is 31.6 Å². The average molecular weight is 551 g/mol. The zero-order valence-corrected chi connectivity index (χ0v) is 20.9. The molecular weight excluding hydrogens is 534 g/mol. The van der Waals surface area contributed by atoms with Gasteiger partial charge in [0.1, 0.15) is 23.6 Å². The van der Waals surface area contributed by atoms with E-state index >= 15 is 0 Å². The van der Waals surface area contributed by atoms with Crippen molar-refractivity contribution in [3.05, 3.63) is 112 Å². The van der Waals surface area contributed by atoms with Gasteiger partial charge >= 0.3 is 0 Å². The normalized spacial score (nSPS) is 10.8. The highest BCUT2D eigenvalue weighted by molar-refractivity contribution is 6.38. The number of benzene rings is 2. The molecule has 0 spiro atoms. The minimum atomic E-state index is -0.629. The van der Waals surface area contributed by atoms with Gasteiger partial charge in [-0.1, -0.05) is 41.4 Å². The number of para-hydroxylation sites is 1. The molecule has 5 rings (SSSR count). The van der Waals surface area contributed by atoms with Crippen molar-refractivity contribution in [2.45, 2.75) is 6.54 Å². The molecule has 3 aromatic heterocycles. The Balaban J connectivity index is 1.47. The van der Waals surface area contributed by atoms with Gasteiger partial charge in [0.25, 0.3) is 11.8 Å². The molecule has 0 atom stereocenters. The third-order valence-corrected chi connectivity index (χ3v) is 6.04. The summed E-state index contributed by atoms with van der Waals surface area (Å²) in [6.07, 6.45) is 4.08. The molecule has 2 aromatic carbocycles. The van der Waals surface area contributed by atoms with E-state index in [9.17, 15) is 14.0 Å². The van der Waals surface area contributed by atoms with Crippen LogP contribution in [0, 0.1) is 5.82 Å². The Morgan fingerprint density at radius 3 is 2.53 bits per heavy atom. The van der Waals surface area contributed by atoms with Gasteiger partial charge in [0.15, 0.2) is 12.1 Å². The Labute approximate surface area is 225 Å². The van der Waals surface area contributed by atoms with E-state index in [2.05, 4.69) is 25.7 Å². The molecule has 3 heterocycles. The number of nitrogens with zero attached hydrogens (tertiary/aromatic N) is 4. The predicted octanol–water partition coefficient (Wildman–Crippen LogP) is 5.55. The first kappa shape index (κ1) is 25.1. The van der Waals surface area contributed by atoms with Gasteiger partial charge < -0.3 is 15.1 Å². The van der Waals surface area contributed by atoms with Gasteiger partial charge in [-0.25, -0.2) is 14.1 Å². The maximum atomic E-state index is 14.4. The maximum absolute atomic E-state index is 14.4. The molecule has 9 nitrogen and oxygen atoms in total. The van der Waals surface area contributed by atoms with E-state index in [4.69, 9.17) is 27.6 Å². The number of oxazole rings is 1. The van der Waals surface area contributed by atoms with Crippen LogP contribution in [0.25, 0.3) is 16.9 Å². The SMILES string of the molecule is O=C(NCc1cocn1)c1cc(NC(=O)c2cc(-c3ncccc3F)c(Cl)cc2Cl)n(-c2ccccc2)n1. The first-order valence-corrected chi connectivity index (χ1v) is 11.9. The zero-order valence-electron chi connectivity index (χ0n) is 19.4. The molecule has 0 aliphatic rings. The number of nitrogens with one attached hydrogen (secondary N) is 2. The number of hydrogen-bond acceptors (Lipinski definition) is 6. The number of hydrogen-bond donors (Lipinski definition) is 2. The van der Waals surface area contributed by atoms with Crippen LogP contribution in [0.1, 0.15) is 26.5 Å². The highest BCUT2D eigenvalue weighted by atomic mass is 35.5. The average Bonchev–Trinajstić information content (AvgIpc) is 3.59. The molecular formula is C26H17Cl2FN6O3. The summed E-state index contributed by atoms with van der Waals surface area (Å²) < 4.78 is 20.7. The molecule has 190 valence electrons. The molecule has 5 aromatic rings. The Morgan fingerprint density at radius 1 is 0.974 bits per heavy atom. The largest absolute Gasteiger partial charge is 0.451 e. The van der Waals surface area contributed by atoms with Crippen LogP contribution < -0.4 is 10.6 Å². The second-order valence-corrected chi connectivity index (χ2v) is 8.74. The van der Waals surface area contributed by atoms with Gasteiger partial charge in [0.2, 0.25) is 0 Å². The number of anilines is 1. The van der Waals surface area contributed by atoms with Crippen molar-refractivity contribution < 1.29 is 18.4 Å². The van der Waals surface area contributed by atoms with Gasteiger partial charge in [0, 0.05) is 17.8 Å². The number of carbonyl (C=O) groups is 2. The van der Waals surface area contributed by atoms with E-state index in [0.717, 1.165) is 0 Å². The van der Waals surface area contributed by atoms with Crippen molar-refractivity contribution in [2.75, 3.05) is 5.32 Å². The number of amides is 2. The molecule has 0 radical (unpaired) electrons. The lowest BCUT2D eigenvalue weighted by Crippen LogP contribution is -2.23. The highest BCUT2D eigenvalue weighted by Gasteiger charge is 2.21.